The van der Waals surface area contributed by atoms with Crippen LogP contribution in [0.2, 0.25) is 0 Å². The van der Waals surface area contributed by atoms with Gasteiger partial charge in [-0.25, -0.2) is 9.97 Å². The van der Waals surface area contributed by atoms with Gasteiger partial charge in [0.05, 0.1) is 12.2 Å². The summed E-state index contributed by atoms with van der Waals surface area (Å²) < 4.78 is 43.4. The molecule has 8 heteroatoms. The van der Waals surface area contributed by atoms with Crippen molar-refractivity contribution in [3.63, 3.8) is 0 Å². The first-order chi connectivity index (χ1) is 9.68. The fourth-order valence-corrected chi connectivity index (χ4v) is 1.90. The molecule has 114 valence electrons. The highest BCUT2D eigenvalue weighted by Gasteiger charge is 2.33. The van der Waals surface area contributed by atoms with Gasteiger partial charge in [0, 0.05) is 18.3 Å². The Morgan fingerprint density at radius 1 is 1.19 bits per heavy atom. The van der Waals surface area contributed by atoms with Gasteiger partial charge in [0.25, 0.3) is 0 Å². The predicted molar refractivity (Wildman–Crippen MR) is 69.9 cm³/mol. The standard InChI is InChI=1S/C13H15F3N4O/c1-7-5-11(13(14,15)16)18-12(17-7)20(4)6-10-8(2)19-21-9(10)3/h5H,6H2,1-4H3. The number of anilines is 1. The normalized spacial score (nSPS) is 11.8. The van der Waals surface area contributed by atoms with E-state index in [1.165, 1.54) is 11.8 Å². The Morgan fingerprint density at radius 2 is 1.86 bits per heavy atom. The molecule has 0 N–H and O–H groups in total. The number of aromatic nitrogens is 3. The highest BCUT2D eigenvalue weighted by molar-refractivity contribution is 5.35. The van der Waals surface area contributed by atoms with E-state index in [2.05, 4.69) is 15.1 Å². The second kappa shape index (κ2) is 5.34. The SMILES string of the molecule is Cc1cc(C(F)(F)F)nc(N(C)Cc2c(C)noc2C)n1. The van der Waals surface area contributed by atoms with Crippen molar-refractivity contribution < 1.29 is 17.7 Å². The van der Waals surface area contributed by atoms with Gasteiger partial charge >= 0.3 is 6.18 Å². The quantitative estimate of drug-likeness (QED) is 0.872. The van der Waals surface area contributed by atoms with Gasteiger partial charge in [-0.15, -0.1) is 0 Å². The van der Waals surface area contributed by atoms with Crippen LogP contribution in [0.3, 0.4) is 0 Å². The smallest absolute Gasteiger partial charge is 0.361 e. The van der Waals surface area contributed by atoms with E-state index in [9.17, 15) is 13.2 Å². The van der Waals surface area contributed by atoms with Crippen LogP contribution in [0.1, 0.15) is 28.4 Å². The molecule has 5 nitrogen and oxygen atoms in total. The molecule has 0 aliphatic rings. The van der Waals surface area contributed by atoms with Gasteiger partial charge in [-0.05, 0) is 26.8 Å². The molecule has 0 spiro atoms. The fraction of sp³-hybridized carbons (Fsp3) is 0.462. The minimum Gasteiger partial charge on any atom is -0.361 e. The van der Waals surface area contributed by atoms with Gasteiger partial charge < -0.3 is 9.42 Å². The van der Waals surface area contributed by atoms with Crippen LogP contribution in [-0.4, -0.2) is 22.2 Å². The molecule has 2 aromatic rings. The molecule has 2 heterocycles. The second-order valence-corrected chi connectivity index (χ2v) is 4.85. The van der Waals surface area contributed by atoms with Crippen LogP contribution in [0, 0.1) is 20.8 Å². The number of alkyl halides is 3. The third kappa shape index (κ3) is 3.32. The number of aryl methyl sites for hydroxylation is 3. The van der Waals surface area contributed by atoms with E-state index in [1.807, 2.05) is 0 Å². The first kappa shape index (κ1) is 15.3. The maximum absolute atomic E-state index is 12.8. The Morgan fingerprint density at radius 3 is 2.38 bits per heavy atom. The summed E-state index contributed by atoms with van der Waals surface area (Å²) in [5.41, 5.74) is 0.827. The number of hydrogen-bond acceptors (Lipinski definition) is 5. The summed E-state index contributed by atoms with van der Waals surface area (Å²) in [6.45, 7) is 5.35. The molecule has 0 radical (unpaired) electrons. The van der Waals surface area contributed by atoms with Crippen molar-refractivity contribution in [1.29, 1.82) is 0 Å². The maximum Gasteiger partial charge on any atom is 0.433 e. The number of halogens is 3. The third-order valence-corrected chi connectivity index (χ3v) is 3.05. The van der Waals surface area contributed by atoms with Crippen molar-refractivity contribution in [2.45, 2.75) is 33.5 Å². The molecule has 0 atom stereocenters. The lowest BCUT2D eigenvalue weighted by atomic mass is 10.2. The Balaban J connectivity index is 2.31. The van der Waals surface area contributed by atoms with Gasteiger partial charge in [-0.2, -0.15) is 13.2 Å². The lowest BCUT2D eigenvalue weighted by Gasteiger charge is -2.18. The fourth-order valence-electron chi connectivity index (χ4n) is 1.90. The van der Waals surface area contributed by atoms with Crippen molar-refractivity contribution in [3.8, 4) is 0 Å². The molecule has 0 amide bonds. The van der Waals surface area contributed by atoms with E-state index in [4.69, 9.17) is 4.52 Å². The topological polar surface area (TPSA) is 55.1 Å². The Kier molecular flexibility index (Phi) is 3.89. The summed E-state index contributed by atoms with van der Waals surface area (Å²) in [7, 11) is 1.63. The zero-order valence-corrected chi connectivity index (χ0v) is 12.1. The maximum atomic E-state index is 12.8. The lowest BCUT2D eigenvalue weighted by molar-refractivity contribution is -0.141. The first-order valence-corrected chi connectivity index (χ1v) is 6.24. The molecule has 0 unspecified atom stereocenters. The largest absolute Gasteiger partial charge is 0.433 e. The predicted octanol–water partition coefficient (Wildman–Crippen LogP) is 3.05. The highest BCUT2D eigenvalue weighted by Crippen LogP contribution is 2.29. The molecule has 0 saturated carbocycles. The Labute approximate surface area is 119 Å². The summed E-state index contributed by atoms with van der Waals surface area (Å²) in [4.78, 5) is 9.17. The third-order valence-electron chi connectivity index (χ3n) is 3.05. The van der Waals surface area contributed by atoms with Crippen LogP contribution < -0.4 is 4.90 Å². The molecule has 2 rings (SSSR count). The average molecular weight is 300 g/mol. The minimum atomic E-state index is -4.49. The van der Waals surface area contributed by atoms with Crippen molar-refractivity contribution in [1.82, 2.24) is 15.1 Å². The summed E-state index contributed by atoms with van der Waals surface area (Å²) in [5.74, 6) is 0.644. The van der Waals surface area contributed by atoms with Gasteiger partial charge in [0.2, 0.25) is 5.95 Å². The summed E-state index contributed by atoms with van der Waals surface area (Å²) in [5, 5.41) is 3.81. The van der Waals surface area contributed by atoms with Crippen molar-refractivity contribution >= 4 is 5.95 Å². The number of rotatable bonds is 3. The van der Waals surface area contributed by atoms with Crippen LogP contribution in [0.5, 0.6) is 0 Å². The molecule has 2 aromatic heterocycles. The van der Waals surface area contributed by atoms with Crippen LogP contribution >= 0.6 is 0 Å². The zero-order chi connectivity index (χ0) is 15.8. The second-order valence-electron chi connectivity index (χ2n) is 4.85. The molecule has 0 saturated heterocycles. The zero-order valence-electron chi connectivity index (χ0n) is 12.1. The van der Waals surface area contributed by atoms with Crippen molar-refractivity contribution in [3.05, 3.63) is 34.5 Å². The van der Waals surface area contributed by atoms with E-state index in [1.54, 1.807) is 20.9 Å². The van der Waals surface area contributed by atoms with Crippen molar-refractivity contribution in [2.24, 2.45) is 0 Å². The molecule has 0 bridgehead atoms. The van der Waals surface area contributed by atoms with E-state index in [0.29, 0.717) is 18.0 Å². The van der Waals surface area contributed by atoms with Crippen molar-refractivity contribution in [2.75, 3.05) is 11.9 Å². The van der Waals surface area contributed by atoms with E-state index >= 15 is 0 Å². The van der Waals surface area contributed by atoms with Crippen LogP contribution in [-0.2, 0) is 12.7 Å². The molecule has 0 aliphatic carbocycles. The Hall–Kier alpha value is -2.12. The molecule has 0 fully saturated rings. The Bertz CT molecular complexity index is 632. The lowest BCUT2D eigenvalue weighted by Crippen LogP contribution is -2.22. The van der Waals surface area contributed by atoms with E-state index in [0.717, 1.165) is 11.6 Å². The summed E-state index contributed by atoms with van der Waals surface area (Å²) in [6, 6.07) is 0.924. The minimum absolute atomic E-state index is 0.0160. The first-order valence-electron chi connectivity index (χ1n) is 6.24. The summed E-state index contributed by atoms with van der Waals surface area (Å²) >= 11 is 0. The van der Waals surface area contributed by atoms with Gasteiger partial charge in [0.15, 0.2) is 0 Å². The molecular formula is C13H15F3N4O. The van der Waals surface area contributed by atoms with Gasteiger partial charge in [0.1, 0.15) is 11.5 Å². The average Bonchev–Trinajstić information content (AvgIpc) is 2.68. The molecule has 0 aromatic carbocycles. The number of hydrogen-bond donors (Lipinski definition) is 0. The van der Waals surface area contributed by atoms with Gasteiger partial charge in [-0.1, -0.05) is 5.16 Å². The molecule has 0 aliphatic heterocycles. The van der Waals surface area contributed by atoms with Crippen LogP contribution in [0.25, 0.3) is 0 Å². The molecular weight excluding hydrogens is 285 g/mol. The van der Waals surface area contributed by atoms with Crippen LogP contribution in [0.15, 0.2) is 10.6 Å². The monoisotopic (exact) mass is 300 g/mol. The van der Waals surface area contributed by atoms with E-state index in [-0.39, 0.29) is 11.6 Å². The van der Waals surface area contributed by atoms with Gasteiger partial charge in [-0.3, -0.25) is 0 Å². The summed E-state index contributed by atoms with van der Waals surface area (Å²) in [6.07, 6.45) is -4.49. The van der Waals surface area contributed by atoms with Crippen LogP contribution in [0.4, 0.5) is 19.1 Å². The van der Waals surface area contributed by atoms with E-state index < -0.39 is 11.9 Å². The highest BCUT2D eigenvalue weighted by atomic mass is 19.4. The molecule has 21 heavy (non-hydrogen) atoms. The number of nitrogens with zero attached hydrogens (tertiary/aromatic N) is 4.